The molecular formula is C10H15BrN4. The van der Waals surface area contributed by atoms with Crippen LogP contribution in [-0.2, 0) is 0 Å². The molecule has 1 aromatic heterocycles. The molecule has 82 valence electrons. The van der Waals surface area contributed by atoms with Crippen molar-refractivity contribution in [2.24, 2.45) is 11.7 Å². The second kappa shape index (κ2) is 4.90. The first-order valence-electron chi connectivity index (χ1n) is 5.21. The van der Waals surface area contributed by atoms with E-state index in [0.29, 0.717) is 0 Å². The summed E-state index contributed by atoms with van der Waals surface area (Å²) >= 11 is 3.47. The molecule has 2 heterocycles. The van der Waals surface area contributed by atoms with E-state index >= 15 is 0 Å². The molecule has 2 N–H and O–H groups in total. The molecule has 0 aliphatic carbocycles. The van der Waals surface area contributed by atoms with Crippen LogP contribution in [0.5, 0.6) is 0 Å². The molecule has 0 saturated carbocycles. The molecule has 0 radical (unpaired) electrons. The molecule has 5 heteroatoms. The Balaban J connectivity index is 2.04. The van der Waals surface area contributed by atoms with Crippen molar-refractivity contribution in [2.75, 3.05) is 24.5 Å². The third-order valence-corrected chi connectivity index (χ3v) is 3.37. The van der Waals surface area contributed by atoms with E-state index in [1.165, 1.54) is 6.42 Å². The number of nitrogens with two attached hydrogens (primary N) is 1. The first-order chi connectivity index (χ1) is 7.31. The molecule has 1 aliphatic rings. The molecule has 2 rings (SSSR count). The van der Waals surface area contributed by atoms with Crippen LogP contribution in [0, 0.1) is 5.92 Å². The quantitative estimate of drug-likeness (QED) is 0.903. The van der Waals surface area contributed by atoms with Crippen molar-refractivity contribution in [2.45, 2.75) is 12.8 Å². The van der Waals surface area contributed by atoms with Crippen LogP contribution in [-0.4, -0.2) is 29.6 Å². The Bertz CT molecular complexity index is 331. The number of aromatic nitrogens is 2. The molecule has 1 unspecified atom stereocenters. The van der Waals surface area contributed by atoms with E-state index < -0.39 is 0 Å². The lowest BCUT2D eigenvalue weighted by atomic mass is 10.1. The van der Waals surface area contributed by atoms with Crippen LogP contribution in [0.25, 0.3) is 0 Å². The molecule has 0 spiro atoms. The summed E-state index contributed by atoms with van der Waals surface area (Å²) < 4.78 is 0.971. The second-order valence-corrected chi connectivity index (χ2v) is 4.73. The summed E-state index contributed by atoms with van der Waals surface area (Å²) in [5, 5.41) is 0. The Kier molecular flexibility index (Phi) is 3.53. The number of halogens is 1. The Hall–Kier alpha value is -0.680. The lowest BCUT2D eigenvalue weighted by Crippen LogP contribution is -2.22. The number of hydrogen-bond donors (Lipinski definition) is 1. The average Bonchev–Trinajstić information content (AvgIpc) is 2.68. The van der Waals surface area contributed by atoms with Crippen LogP contribution in [0.2, 0.25) is 0 Å². The van der Waals surface area contributed by atoms with Crippen LogP contribution in [0.3, 0.4) is 0 Å². The number of hydrogen-bond acceptors (Lipinski definition) is 4. The van der Waals surface area contributed by atoms with Crippen molar-refractivity contribution in [3.63, 3.8) is 0 Å². The largest absolute Gasteiger partial charge is 0.355 e. The van der Waals surface area contributed by atoms with Crippen LogP contribution in [0.15, 0.2) is 17.0 Å². The maximum atomic E-state index is 5.57. The number of anilines is 1. The van der Waals surface area contributed by atoms with Gasteiger partial charge in [-0.15, -0.1) is 0 Å². The summed E-state index contributed by atoms with van der Waals surface area (Å²) in [6, 6.07) is 0. The normalized spacial score (nSPS) is 20.9. The van der Waals surface area contributed by atoms with Crippen molar-refractivity contribution in [3.8, 4) is 0 Å². The first kappa shape index (κ1) is 10.8. The SMILES string of the molecule is NCCC1CCN(c2ncncc2Br)C1. The molecule has 1 aromatic rings. The van der Waals surface area contributed by atoms with Crippen molar-refractivity contribution >= 4 is 21.7 Å². The van der Waals surface area contributed by atoms with Gasteiger partial charge in [-0.05, 0) is 41.2 Å². The van der Waals surface area contributed by atoms with E-state index in [-0.39, 0.29) is 0 Å². The summed E-state index contributed by atoms with van der Waals surface area (Å²) in [6.45, 7) is 2.91. The standard InChI is InChI=1S/C10H15BrN4/c11-9-5-13-7-14-10(9)15-4-2-8(6-15)1-3-12/h5,7-8H,1-4,6,12H2. The van der Waals surface area contributed by atoms with Gasteiger partial charge in [-0.2, -0.15) is 0 Å². The van der Waals surface area contributed by atoms with Crippen LogP contribution >= 0.6 is 15.9 Å². The predicted molar refractivity (Wildman–Crippen MR) is 63.7 cm³/mol. The zero-order valence-corrected chi connectivity index (χ0v) is 10.2. The van der Waals surface area contributed by atoms with Gasteiger partial charge in [0.2, 0.25) is 0 Å². The van der Waals surface area contributed by atoms with Crippen molar-refractivity contribution in [1.29, 1.82) is 0 Å². The highest BCUT2D eigenvalue weighted by molar-refractivity contribution is 9.10. The van der Waals surface area contributed by atoms with Gasteiger partial charge in [-0.25, -0.2) is 9.97 Å². The van der Waals surface area contributed by atoms with Gasteiger partial charge in [0.15, 0.2) is 0 Å². The fourth-order valence-electron chi connectivity index (χ4n) is 2.04. The highest BCUT2D eigenvalue weighted by Gasteiger charge is 2.23. The van der Waals surface area contributed by atoms with Crippen LogP contribution in [0.4, 0.5) is 5.82 Å². The fraction of sp³-hybridized carbons (Fsp3) is 0.600. The summed E-state index contributed by atoms with van der Waals surface area (Å²) in [5.41, 5.74) is 5.57. The topological polar surface area (TPSA) is 55.0 Å². The number of nitrogens with zero attached hydrogens (tertiary/aromatic N) is 3. The maximum Gasteiger partial charge on any atom is 0.146 e. The molecule has 0 amide bonds. The van der Waals surface area contributed by atoms with Crippen LogP contribution in [0.1, 0.15) is 12.8 Å². The highest BCUT2D eigenvalue weighted by atomic mass is 79.9. The Labute approximate surface area is 98.0 Å². The Morgan fingerprint density at radius 3 is 3.20 bits per heavy atom. The highest BCUT2D eigenvalue weighted by Crippen LogP contribution is 2.28. The third kappa shape index (κ3) is 2.46. The molecule has 0 bridgehead atoms. The molecule has 4 nitrogen and oxygen atoms in total. The van der Waals surface area contributed by atoms with E-state index in [2.05, 4.69) is 30.8 Å². The van der Waals surface area contributed by atoms with Crippen molar-refractivity contribution in [1.82, 2.24) is 9.97 Å². The third-order valence-electron chi connectivity index (χ3n) is 2.81. The molecule has 1 saturated heterocycles. The summed E-state index contributed by atoms with van der Waals surface area (Å²) in [7, 11) is 0. The van der Waals surface area contributed by atoms with Gasteiger partial charge in [-0.1, -0.05) is 0 Å². The molecular weight excluding hydrogens is 256 g/mol. The second-order valence-electron chi connectivity index (χ2n) is 3.87. The van der Waals surface area contributed by atoms with Gasteiger partial charge >= 0.3 is 0 Å². The van der Waals surface area contributed by atoms with E-state index in [4.69, 9.17) is 5.73 Å². The monoisotopic (exact) mass is 270 g/mol. The van der Waals surface area contributed by atoms with E-state index in [1.807, 2.05) is 0 Å². The Morgan fingerprint density at radius 2 is 2.47 bits per heavy atom. The van der Waals surface area contributed by atoms with E-state index in [9.17, 15) is 0 Å². The van der Waals surface area contributed by atoms with Crippen molar-refractivity contribution in [3.05, 3.63) is 17.0 Å². The summed E-state index contributed by atoms with van der Waals surface area (Å²) in [4.78, 5) is 10.6. The first-order valence-corrected chi connectivity index (χ1v) is 6.01. The van der Waals surface area contributed by atoms with Gasteiger partial charge < -0.3 is 10.6 Å². The molecule has 1 fully saturated rings. The molecule has 15 heavy (non-hydrogen) atoms. The van der Waals surface area contributed by atoms with Gasteiger partial charge in [-0.3, -0.25) is 0 Å². The lowest BCUT2D eigenvalue weighted by molar-refractivity contribution is 0.546. The molecule has 0 aromatic carbocycles. The zero-order chi connectivity index (χ0) is 10.7. The van der Waals surface area contributed by atoms with Gasteiger partial charge in [0.25, 0.3) is 0 Å². The van der Waals surface area contributed by atoms with E-state index in [0.717, 1.165) is 42.3 Å². The molecule has 1 aliphatic heterocycles. The zero-order valence-electron chi connectivity index (χ0n) is 8.56. The van der Waals surface area contributed by atoms with E-state index in [1.54, 1.807) is 12.5 Å². The predicted octanol–water partition coefficient (Wildman–Crippen LogP) is 1.41. The van der Waals surface area contributed by atoms with Gasteiger partial charge in [0.1, 0.15) is 12.1 Å². The fourth-order valence-corrected chi connectivity index (χ4v) is 2.51. The van der Waals surface area contributed by atoms with Crippen LogP contribution < -0.4 is 10.6 Å². The van der Waals surface area contributed by atoms with Gasteiger partial charge in [0.05, 0.1) is 4.47 Å². The number of rotatable bonds is 3. The van der Waals surface area contributed by atoms with Gasteiger partial charge in [0, 0.05) is 19.3 Å². The smallest absolute Gasteiger partial charge is 0.146 e. The van der Waals surface area contributed by atoms with Crippen molar-refractivity contribution < 1.29 is 0 Å². The Morgan fingerprint density at radius 1 is 1.60 bits per heavy atom. The minimum Gasteiger partial charge on any atom is -0.355 e. The minimum atomic E-state index is 0.719. The molecule has 1 atom stereocenters. The minimum absolute atomic E-state index is 0.719. The summed E-state index contributed by atoms with van der Waals surface area (Å²) in [6.07, 6.45) is 5.71. The maximum absolute atomic E-state index is 5.57. The average molecular weight is 271 g/mol. The summed E-state index contributed by atoms with van der Waals surface area (Å²) in [5.74, 6) is 1.72. The lowest BCUT2D eigenvalue weighted by Gasteiger charge is -2.18.